The van der Waals surface area contributed by atoms with Gasteiger partial charge in [0.1, 0.15) is 5.75 Å². The van der Waals surface area contributed by atoms with Gasteiger partial charge in [-0.25, -0.2) is 4.79 Å². The first-order valence-corrected chi connectivity index (χ1v) is 8.63. The van der Waals surface area contributed by atoms with Crippen LogP contribution in [0.2, 0.25) is 0 Å². The summed E-state index contributed by atoms with van der Waals surface area (Å²) in [7, 11) is 0. The number of halogens is 3. The van der Waals surface area contributed by atoms with Gasteiger partial charge < -0.3 is 4.74 Å². The van der Waals surface area contributed by atoms with Gasteiger partial charge in [0.05, 0.1) is 5.56 Å². The molecular formula is C19H11Cl3O4. The van der Waals surface area contributed by atoms with E-state index in [-0.39, 0.29) is 28.2 Å². The van der Waals surface area contributed by atoms with Gasteiger partial charge in [-0.15, -0.1) is 6.58 Å². The largest absolute Gasteiger partial charge is 0.422 e. The minimum atomic E-state index is -2.33. The van der Waals surface area contributed by atoms with E-state index in [4.69, 9.17) is 39.5 Å². The lowest BCUT2D eigenvalue weighted by atomic mass is 9.82. The number of ether oxygens (including phenoxy) is 1. The number of allylic oxidation sites excluding steroid dienone is 1. The van der Waals surface area contributed by atoms with Crippen LogP contribution < -0.4 is 4.74 Å². The Bertz CT molecular complexity index is 958. The van der Waals surface area contributed by atoms with E-state index in [0.29, 0.717) is 17.5 Å². The Balaban J connectivity index is 2.23. The predicted molar refractivity (Wildman–Crippen MR) is 99.6 cm³/mol. The van der Waals surface area contributed by atoms with Crippen LogP contribution in [0.1, 0.15) is 37.4 Å². The van der Waals surface area contributed by atoms with Gasteiger partial charge in [0.25, 0.3) is 3.79 Å². The van der Waals surface area contributed by atoms with Crippen LogP contribution in [0.4, 0.5) is 0 Å². The average Bonchev–Trinajstić information content (AvgIpc) is 2.60. The summed E-state index contributed by atoms with van der Waals surface area (Å²) in [5.74, 6) is -2.04. The first-order chi connectivity index (χ1) is 12.3. The van der Waals surface area contributed by atoms with Crippen LogP contribution in [0, 0.1) is 0 Å². The summed E-state index contributed by atoms with van der Waals surface area (Å²) in [4.78, 5) is 37.8. The molecule has 0 fully saturated rings. The van der Waals surface area contributed by atoms with Gasteiger partial charge in [0.15, 0.2) is 11.6 Å². The zero-order valence-electron chi connectivity index (χ0n) is 13.2. The number of rotatable bonds is 3. The molecule has 0 aromatic heterocycles. The van der Waals surface area contributed by atoms with Gasteiger partial charge >= 0.3 is 5.97 Å². The van der Waals surface area contributed by atoms with Gasteiger partial charge in [-0.3, -0.25) is 9.59 Å². The zero-order chi connectivity index (χ0) is 19.1. The second-order valence-corrected chi connectivity index (χ2v) is 7.84. The average molecular weight is 410 g/mol. The quantitative estimate of drug-likeness (QED) is 0.277. The van der Waals surface area contributed by atoms with Crippen LogP contribution in [-0.4, -0.2) is 21.3 Å². The number of fused-ring (bicyclic) bond motifs is 2. The van der Waals surface area contributed by atoms with Crippen LogP contribution in [0.3, 0.4) is 0 Å². The molecule has 0 amide bonds. The summed E-state index contributed by atoms with van der Waals surface area (Å²) in [5, 5.41) is 0. The van der Waals surface area contributed by atoms with Crippen molar-refractivity contribution in [1.82, 2.24) is 0 Å². The van der Waals surface area contributed by atoms with Crippen molar-refractivity contribution in [2.24, 2.45) is 0 Å². The first-order valence-electron chi connectivity index (χ1n) is 7.50. The molecule has 0 bridgehead atoms. The summed E-state index contributed by atoms with van der Waals surface area (Å²) in [6.45, 7) is 3.64. The number of hydrogen-bond acceptors (Lipinski definition) is 4. The summed E-state index contributed by atoms with van der Waals surface area (Å²) < 4.78 is 2.91. The van der Waals surface area contributed by atoms with Crippen molar-refractivity contribution in [3.63, 3.8) is 0 Å². The number of carbonyl (C=O) groups excluding carboxylic acids is 3. The lowest BCUT2D eigenvalue weighted by molar-refractivity contribution is -0.133. The molecule has 0 spiro atoms. The normalized spacial score (nSPS) is 13.0. The number of esters is 1. The van der Waals surface area contributed by atoms with Crippen molar-refractivity contribution < 1.29 is 19.1 Å². The monoisotopic (exact) mass is 408 g/mol. The van der Waals surface area contributed by atoms with Crippen LogP contribution in [-0.2, 0) is 11.2 Å². The molecular weight excluding hydrogens is 399 g/mol. The number of benzene rings is 2. The molecule has 1 aliphatic carbocycles. The van der Waals surface area contributed by atoms with Crippen molar-refractivity contribution >= 4 is 52.3 Å². The molecule has 7 heteroatoms. The Morgan fingerprint density at radius 1 is 1.00 bits per heavy atom. The fourth-order valence-corrected chi connectivity index (χ4v) is 2.90. The smallest absolute Gasteiger partial charge is 0.363 e. The minimum absolute atomic E-state index is 0.0179. The maximum Gasteiger partial charge on any atom is 0.363 e. The van der Waals surface area contributed by atoms with E-state index in [1.165, 1.54) is 6.07 Å². The lowest BCUT2D eigenvalue weighted by Gasteiger charge is -2.22. The van der Waals surface area contributed by atoms with Crippen molar-refractivity contribution in [2.75, 3.05) is 0 Å². The van der Waals surface area contributed by atoms with Crippen molar-refractivity contribution in [3.8, 4) is 5.75 Å². The Labute approximate surface area is 164 Å². The molecule has 0 N–H and O–H groups in total. The molecule has 0 unspecified atom stereocenters. The minimum Gasteiger partial charge on any atom is -0.422 e. The number of hydrogen-bond donors (Lipinski definition) is 0. The standard InChI is InChI=1S/C19H11Cl3O4/c1-2-5-10-8-9-13-14(17(10)26-18(25)19(20,21)22)16(24)12-7-4-3-6-11(12)15(13)23/h2-4,6-9H,1,5H2. The molecule has 0 saturated carbocycles. The van der Waals surface area contributed by atoms with Gasteiger partial charge in [0.2, 0.25) is 0 Å². The number of carbonyl (C=O) groups is 3. The number of ketones is 2. The summed E-state index contributed by atoms with van der Waals surface area (Å²) >= 11 is 16.7. The van der Waals surface area contributed by atoms with Crippen LogP contribution in [0.5, 0.6) is 5.75 Å². The third-order valence-corrected chi connectivity index (χ3v) is 4.38. The highest BCUT2D eigenvalue weighted by molar-refractivity contribution is 6.75. The van der Waals surface area contributed by atoms with E-state index in [1.54, 1.807) is 36.4 Å². The highest BCUT2D eigenvalue weighted by atomic mass is 35.6. The maximum absolute atomic E-state index is 13.0. The molecule has 0 saturated heterocycles. The molecule has 0 atom stereocenters. The van der Waals surface area contributed by atoms with Gasteiger partial charge in [-0.2, -0.15) is 0 Å². The Hall–Kier alpha value is -2.14. The van der Waals surface area contributed by atoms with Crippen LogP contribution in [0.15, 0.2) is 49.1 Å². The Morgan fingerprint density at radius 2 is 1.62 bits per heavy atom. The topological polar surface area (TPSA) is 60.4 Å². The lowest BCUT2D eigenvalue weighted by Crippen LogP contribution is -2.28. The molecule has 0 radical (unpaired) electrons. The highest BCUT2D eigenvalue weighted by Gasteiger charge is 2.38. The van der Waals surface area contributed by atoms with E-state index in [2.05, 4.69) is 6.58 Å². The van der Waals surface area contributed by atoms with E-state index in [1.807, 2.05) is 0 Å². The van der Waals surface area contributed by atoms with E-state index in [9.17, 15) is 14.4 Å². The second-order valence-electron chi connectivity index (χ2n) is 5.56. The molecule has 4 nitrogen and oxygen atoms in total. The molecule has 2 aromatic carbocycles. The summed E-state index contributed by atoms with van der Waals surface area (Å²) in [6.07, 6.45) is 1.86. The van der Waals surface area contributed by atoms with Gasteiger partial charge in [-0.05, 0) is 18.1 Å². The molecule has 3 rings (SSSR count). The second kappa shape index (κ2) is 6.88. The van der Waals surface area contributed by atoms with Crippen molar-refractivity contribution in [2.45, 2.75) is 10.2 Å². The van der Waals surface area contributed by atoms with E-state index in [0.717, 1.165) is 0 Å². The third kappa shape index (κ3) is 3.16. The predicted octanol–water partition coefficient (Wildman–Crippen LogP) is 4.47. The fraction of sp³-hybridized carbons (Fsp3) is 0.105. The van der Waals surface area contributed by atoms with Crippen LogP contribution >= 0.6 is 34.8 Å². The molecule has 1 aliphatic rings. The van der Waals surface area contributed by atoms with E-state index < -0.39 is 15.5 Å². The van der Waals surface area contributed by atoms with Gasteiger partial charge in [0, 0.05) is 16.7 Å². The fourth-order valence-electron chi connectivity index (χ4n) is 2.78. The molecule has 0 heterocycles. The molecule has 2 aromatic rings. The number of alkyl halides is 3. The highest BCUT2D eigenvalue weighted by Crippen LogP contribution is 2.38. The molecule has 26 heavy (non-hydrogen) atoms. The Kier molecular flexibility index (Phi) is 4.93. The summed E-state index contributed by atoms with van der Waals surface area (Å²) in [6, 6.07) is 9.54. The van der Waals surface area contributed by atoms with Gasteiger partial charge in [-0.1, -0.05) is 71.2 Å². The zero-order valence-corrected chi connectivity index (χ0v) is 15.5. The van der Waals surface area contributed by atoms with E-state index >= 15 is 0 Å². The summed E-state index contributed by atoms with van der Waals surface area (Å²) in [5.41, 5.74) is 1.11. The molecule has 0 aliphatic heterocycles. The van der Waals surface area contributed by atoms with Crippen LogP contribution in [0.25, 0.3) is 0 Å². The SMILES string of the molecule is C=CCc1ccc2c(c1OC(=O)C(Cl)(Cl)Cl)C(=O)c1ccccc1C2=O. The third-order valence-electron chi connectivity index (χ3n) is 3.92. The Morgan fingerprint density at radius 3 is 2.19 bits per heavy atom. The van der Waals surface area contributed by atoms with Crippen molar-refractivity contribution in [1.29, 1.82) is 0 Å². The molecule has 132 valence electrons. The first kappa shape index (κ1) is 18.6. The maximum atomic E-state index is 13.0. The van der Waals surface area contributed by atoms with Crippen molar-refractivity contribution in [3.05, 3.63) is 76.9 Å².